The van der Waals surface area contributed by atoms with Crippen LogP contribution in [0.1, 0.15) is 23.6 Å². The molecule has 4 aromatic rings. The van der Waals surface area contributed by atoms with E-state index in [1.807, 2.05) is 97.1 Å². The lowest BCUT2D eigenvalue weighted by Crippen LogP contribution is -2.52. The maximum absolute atomic E-state index is 13.3. The molecule has 1 aliphatic heterocycles. The molecule has 0 spiro atoms. The average molecular weight is 505 g/mol. The molecule has 1 unspecified atom stereocenters. The number of nitrogens with zero attached hydrogens (tertiary/aromatic N) is 2. The van der Waals surface area contributed by atoms with Gasteiger partial charge >= 0.3 is 0 Å². The van der Waals surface area contributed by atoms with Crippen molar-refractivity contribution in [2.24, 2.45) is 4.99 Å². The summed E-state index contributed by atoms with van der Waals surface area (Å²) < 4.78 is 0. The molecular weight excluding hydrogens is 476 g/mol. The first-order valence-corrected chi connectivity index (χ1v) is 12.5. The Morgan fingerprint density at radius 2 is 1.58 bits per heavy atom. The molecule has 0 saturated heterocycles. The third-order valence-electron chi connectivity index (χ3n) is 6.62. The van der Waals surface area contributed by atoms with Crippen LogP contribution >= 0.6 is 0 Å². The number of hydrogen-bond acceptors (Lipinski definition) is 4. The molecule has 3 amide bonds. The zero-order valence-electron chi connectivity index (χ0n) is 21.2. The van der Waals surface area contributed by atoms with Gasteiger partial charge in [-0.25, -0.2) is 4.99 Å². The quantitative estimate of drug-likeness (QED) is 0.418. The smallest absolute Gasteiger partial charge is 0.272 e. The van der Waals surface area contributed by atoms with Crippen molar-refractivity contribution in [3.8, 4) is 0 Å². The van der Waals surface area contributed by atoms with Crippen LogP contribution in [0, 0.1) is 0 Å². The second-order valence-corrected chi connectivity index (χ2v) is 9.32. The van der Waals surface area contributed by atoms with Gasteiger partial charge in [0, 0.05) is 18.2 Å². The third-order valence-corrected chi connectivity index (χ3v) is 6.62. The highest BCUT2D eigenvalue weighted by Gasteiger charge is 2.32. The topological polar surface area (TPSA) is 90.9 Å². The van der Waals surface area contributed by atoms with E-state index in [-0.39, 0.29) is 18.2 Å². The summed E-state index contributed by atoms with van der Waals surface area (Å²) >= 11 is 0. The molecule has 0 fully saturated rings. The normalized spacial score (nSPS) is 15.7. The van der Waals surface area contributed by atoms with Gasteiger partial charge in [0.25, 0.3) is 5.91 Å². The van der Waals surface area contributed by atoms with Crippen molar-refractivity contribution < 1.29 is 14.4 Å². The molecule has 0 aromatic heterocycles. The summed E-state index contributed by atoms with van der Waals surface area (Å²) in [5, 5.41) is 7.62. The fraction of sp³-hybridized carbons (Fsp3) is 0.161. The number of anilines is 1. The van der Waals surface area contributed by atoms with Gasteiger partial charge in [-0.15, -0.1) is 0 Å². The first-order valence-electron chi connectivity index (χ1n) is 12.5. The van der Waals surface area contributed by atoms with Crippen LogP contribution in [0.3, 0.4) is 0 Å². The minimum absolute atomic E-state index is 0.138. The zero-order valence-corrected chi connectivity index (χ0v) is 21.2. The number of hydrogen-bond donors (Lipinski definition) is 2. The van der Waals surface area contributed by atoms with Crippen molar-refractivity contribution in [2.75, 3.05) is 11.9 Å². The Bertz CT molecular complexity index is 1550. The van der Waals surface area contributed by atoms with Crippen LogP contribution in [-0.4, -0.2) is 42.7 Å². The maximum atomic E-state index is 13.3. The summed E-state index contributed by atoms with van der Waals surface area (Å²) in [7, 11) is 1.67. The van der Waals surface area contributed by atoms with Crippen molar-refractivity contribution in [1.29, 1.82) is 0 Å². The fourth-order valence-corrected chi connectivity index (χ4v) is 4.59. The largest absolute Gasteiger partial charge is 0.344 e. The molecule has 0 saturated carbocycles. The Labute approximate surface area is 221 Å². The van der Waals surface area contributed by atoms with E-state index in [9.17, 15) is 14.4 Å². The van der Waals surface area contributed by atoms with E-state index in [1.165, 1.54) is 4.90 Å². The minimum atomic E-state index is -1.14. The fourth-order valence-electron chi connectivity index (χ4n) is 4.59. The highest BCUT2D eigenvalue weighted by Crippen LogP contribution is 2.27. The van der Waals surface area contributed by atoms with E-state index in [4.69, 9.17) is 4.99 Å². The summed E-state index contributed by atoms with van der Waals surface area (Å²) in [5.74, 6) is -1.15. The predicted octanol–water partition coefficient (Wildman–Crippen LogP) is 3.84. The van der Waals surface area contributed by atoms with Gasteiger partial charge in [0.15, 0.2) is 0 Å². The van der Waals surface area contributed by atoms with Crippen molar-refractivity contribution in [3.05, 3.63) is 114 Å². The molecule has 38 heavy (non-hydrogen) atoms. The van der Waals surface area contributed by atoms with E-state index in [0.717, 1.165) is 27.5 Å². The Hall–Kier alpha value is -4.78. The highest BCUT2D eigenvalue weighted by atomic mass is 16.2. The average Bonchev–Trinajstić information content (AvgIpc) is 3.04. The van der Waals surface area contributed by atoms with E-state index in [2.05, 4.69) is 10.6 Å². The van der Waals surface area contributed by atoms with Crippen LogP contribution < -0.4 is 15.5 Å². The molecule has 2 N–H and O–H groups in total. The summed E-state index contributed by atoms with van der Waals surface area (Å²) in [6.45, 7) is 1.59. The lowest BCUT2D eigenvalue weighted by molar-refractivity contribution is -0.130. The minimum Gasteiger partial charge on any atom is -0.344 e. The van der Waals surface area contributed by atoms with Crippen LogP contribution in [0.25, 0.3) is 10.8 Å². The predicted molar refractivity (Wildman–Crippen MR) is 149 cm³/mol. The van der Waals surface area contributed by atoms with E-state index in [0.29, 0.717) is 11.4 Å². The second kappa shape index (κ2) is 10.7. The first kappa shape index (κ1) is 24.9. The maximum Gasteiger partial charge on any atom is 0.272 e. The lowest BCUT2D eigenvalue weighted by Gasteiger charge is -2.22. The number of aliphatic imine (C=N–C) groups is 1. The Morgan fingerprint density at radius 1 is 0.895 bits per heavy atom. The summed E-state index contributed by atoms with van der Waals surface area (Å²) in [6.07, 6.45) is -1.01. The Morgan fingerprint density at radius 3 is 2.37 bits per heavy atom. The Kier molecular flexibility index (Phi) is 7.00. The molecular formula is C31H28N4O3. The van der Waals surface area contributed by atoms with Crippen molar-refractivity contribution in [1.82, 2.24) is 10.6 Å². The molecule has 4 aromatic carbocycles. The molecule has 7 nitrogen and oxygen atoms in total. The molecule has 0 radical (unpaired) electrons. The molecule has 190 valence electrons. The number of amides is 3. The number of carbonyl (C=O) groups is 3. The monoisotopic (exact) mass is 504 g/mol. The number of benzene rings is 4. The molecule has 5 rings (SSSR count). The van der Waals surface area contributed by atoms with Gasteiger partial charge < -0.3 is 15.5 Å². The molecule has 1 aliphatic rings. The number of nitrogens with one attached hydrogen (secondary N) is 2. The third kappa shape index (κ3) is 5.18. The van der Waals surface area contributed by atoms with Gasteiger partial charge in [0.2, 0.25) is 18.0 Å². The summed E-state index contributed by atoms with van der Waals surface area (Å²) in [5.41, 5.74) is 3.79. The highest BCUT2D eigenvalue weighted by molar-refractivity contribution is 6.20. The number of likely N-dealkylation sites (N-methyl/N-ethyl adjacent to an activating group) is 1. The van der Waals surface area contributed by atoms with Crippen LogP contribution in [0.15, 0.2) is 102 Å². The van der Waals surface area contributed by atoms with Crippen LogP contribution in [-0.2, 0) is 20.8 Å². The molecule has 0 bridgehead atoms. The standard InChI is InChI=1S/C31H28N4O3/c1-20(32-27(36)19-21-16-17-22-10-6-7-13-24(22)18-21)30(37)34-29-31(38)35(2)26-15-9-8-14-25(26)28(33-29)23-11-4-3-5-12-23/h3-18,20,29H,19H2,1-2H3,(H,32,36)(H,34,37)/t20-,29?/m0/s1. The number of fused-ring (bicyclic) bond motifs is 2. The summed E-state index contributed by atoms with van der Waals surface area (Å²) in [4.78, 5) is 45.3. The van der Waals surface area contributed by atoms with Crippen LogP contribution in [0.4, 0.5) is 5.69 Å². The molecule has 0 aliphatic carbocycles. The SMILES string of the molecule is C[C@H](NC(=O)Cc1ccc2ccccc2c1)C(=O)NC1N=C(c2ccccc2)c2ccccc2N(C)C1=O. The number of rotatable bonds is 6. The van der Waals surface area contributed by atoms with Crippen LogP contribution in [0.5, 0.6) is 0 Å². The molecule has 1 heterocycles. The second-order valence-electron chi connectivity index (χ2n) is 9.32. The van der Waals surface area contributed by atoms with Gasteiger partial charge in [-0.2, -0.15) is 0 Å². The first-order chi connectivity index (χ1) is 18.4. The van der Waals surface area contributed by atoms with Gasteiger partial charge in [-0.3, -0.25) is 14.4 Å². The number of benzodiazepines with no additional fused rings is 1. The summed E-state index contributed by atoms with van der Waals surface area (Å²) in [6, 6.07) is 30.0. The zero-order chi connectivity index (χ0) is 26.6. The van der Waals surface area contributed by atoms with Gasteiger partial charge in [-0.05, 0) is 29.3 Å². The Balaban J connectivity index is 1.32. The van der Waals surface area contributed by atoms with Gasteiger partial charge in [-0.1, -0.05) is 91.0 Å². The lowest BCUT2D eigenvalue weighted by atomic mass is 10.0. The van der Waals surface area contributed by atoms with Crippen molar-refractivity contribution >= 4 is 39.9 Å². The van der Waals surface area contributed by atoms with Crippen molar-refractivity contribution in [2.45, 2.75) is 25.6 Å². The van der Waals surface area contributed by atoms with Gasteiger partial charge in [0.05, 0.1) is 17.8 Å². The van der Waals surface area contributed by atoms with E-state index >= 15 is 0 Å². The van der Waals surface area contributed by atoms with Crippen molar-refractivity contribution in [3.63, 3.8) is 0 Å². The van der Waals surface area contributed by atoms with Crippen LogP contribution in [0.2, 0.25) is 0 Å². The van der Waals surface area contributed by atoms with E-state index < -0.39 is 18.1 Å². The molecule has 2 atom stereocenters. The van der Waals surface area contributed by atoms with Gasteiger partial charge in [0.1, 0.15) is 6.04 Å². The number of carbonyl (C=O) groups excluding carboxylic acids is 3. The number of para-hydroxylation sites is 1. The molecule has 7 heteroatoms. The van der Waals surface area contributed by atoms with E-state index in [1.54, 1.807) is 14.0 Å².